The van der Waals surface area contributed by atoms with Gasteiger partial charge >= 0.3 is 0 Å². The average Bonchev–Trinajstić information content (AvgIpc) is 2.15. The van der Waals surface area contributed by atoms with Gasteiger partial charge in [0.15, 0.2) is 5.76 Å². The Hall–Kier alpha value is -0.960. The Morgan fingerprint density at radius 1 is 1.50 bits per heavy atom. The van der Waals surface area contributed by atoms with Crippen LogP contribution in [-0.4, -0.2) is 13.7 Å². The molecule has 0 spiro atoms. The molecule has 0 aromatic rings. The molecule has 1 aliphatic rings. The monoisotopic (exact) mass is 168 g/mol. The zero-order valence-corrected chi connectivity index (χ0v) is 7.46. The molecule has 0 saturated carbocycles. The Morgan fingerprint density at radius 3 is 3.00 bits per heavy atom. The van der Waals surface area contributed by atoms with Crippen molar-refractivity contribution in [1.82, 2.24) is 5.32 Å². The van der Waals surface area contributed by atoms with Crippen molar-refractivity contribution < 1.29 is 9.47 Å². The lowest BCUT2D eigenvalue weighted by molar-refractivity contribution is 0.120. The number of hydrogen-bond donors (Lipinski definition) is 1. The van der Waals surface area contributed by atoms with Gasteiger partial charge in [-0.05, 0) is 24.8 Å². The molecule has 0 aromatic heterocycles. The molecule has 12 heavy (non-hydrogen) atoms. The molecule has 3 nitrogen and oxygen atoms in total. The zero-order valence-electron chi connectivity index (χ0n) is 7.46. The molecule has 0 fully saturated rings. The largest absolute Gasteiger partial charge is 0.493 e. The summed E-state index contributed by atoms with van der Waals surface area (Å²) in [5.41, 5.74) is 0. The van der Waals surface area contributed by atoms with Gasteiger partial charge in [0.05, 0.1) is 6.61 Å². The molecule has 1 heterocycles. The van der Waals surface area contributed by atoms with Crippen LogP contribution in [0.2, 0.25) is 0 Å². The zero-order chi connectivity index (χ0) is 8.81. The van der Waals surface area contributed by atoms with Crippen LogP contribution in [0.15, 0.2) is 24.1 Å². The fourth-order valence-corrected chi connectivity index (χ4v) is 0.891. The van der Waals surface area contributed by atoms with E-state index in [0.717, 1.165) is 12.2 Å². The van der Waals surface area contributed by atoms with E-state index in [9.17, 15) is 0 Å². The highest BCUT2D eigenvalue weighted by atomic mass is 16.5. The summed E-state index contributed by atoms with van der Waals surface area (Å²) in [6.45, 7) is 2.79. The van der Waals surface area contributed by atoms with Crippen molar-refractivity contribution in [2.24, 2.45) is 0 Å². The summed E-state index contributed by atoms with van der Waals surface area (Å²) in [7, 11) is 1.62. The lowest BCUT2D eigenvalue weighted by Gasteiger charge is -2.19. The maximum Gasteiger partial charge on any atom is 0.253 e. The predicted molar refractivity (Wildman–Crippen MR) is 46.9 cm³/mol. The number of rotatable bonds is 4. The standard InChI is InChI=1S/C9H14NO2/c1-3-7-12-8-5-4-6-10-9(8)11-2/h4-6,10H,3,7H2,1-2H3. The highest BCUT2D eigenvalue weighted by molar-refractivity contribution is 5.23. The Kier molecular flexibility index (Phi) is 3.67. The van der Waals surface area contributed by atoms with Crippen LogP contribution in [0.3, 0.4) is 0 Å². The number of hydrogen-bond acceptors (Lipinski definition) is 3. The van der Waals surface area contributed by atoms with Crippen LogP contribution in [0.4, 0.5) is 0 Å². The Balaban J connectivity index is 2.45. The fourth-order valence-electron chi connectivity index (χ4n) is 0.891. The molecule has 0 atom stereocenters. The van der Waals surface area contributed by atoms with Gasteiger partial charge in [-0.15, -0.1) is 0 Å². The summed E-state index contributed by atoms with van der Waals surface area (Å²) in [5.74, 6) is 0.766. The van der Waals surface area contributed by atoms with Crippen LogP contribution in [0, 0.1) is 6.23 Å². The first kappa shape index (κ1) is 9.13. The van der Waals surface area contributed by atoms with E-state index in [1.807, 2.05) is 12.2 Å². The molecule has 67 valence electrons. The molecule has 0 aliphatic carbocycles. The third kappa shape index (κ3) is 2.27. The van der Waals surface area contributed by atoms with Gasteiger partial charge in [-0.25, -0.2) is 0 Å². The van der Waals surface area contributed by atoms with Crippen molar-refractivity contribution in [3.63, 3.8) is 0 Å². The normalized spacial score (nSPS) is 17.0. The van der Waals surface area contributed by atoms with Gasteiger partial charge in [-0.1, -0.05) is 6.92 Å². The summed E-state index contributed by atoms with van der Waals surface area (Å²) >= 11 is 0. The van der Waals surface area contributed by atoms with Gasteiger partial charge in [0, 0.05) is 7.11 Å². The minimum Gasteiger partial charge on any atom is -0.493 e. The molecule has 1 N–H and O–H groups in total. The van der Waals surface area contributed by atoms with E-state index < -0.39 is 0 Å². The van der Waals surface area contributed by atoms with Gasteiger partial charge in [-0.2, -0.15) is 0 Å². The number of methoxy groups -OCH3 is 1. The van der Waals surface area contributed by atoms with E-state index in [-0.39, 0.29) is 0 Å². The average molecular weight is 168 g/mol. The first-order valence-corrected chi connectivity index (χ1v) is 4.06. The molecule has 0 amide bonds. The lowest BCUT2D eigenvalue weighted by atomic mass is 10.3. The minimum absolute atomic E-state index is 0.672. The van der Waals surface area contributed by atoms with E-state index in [2.05, 4.69) is 12.2 Å². The van der Waals surface area contributed by atoms with Crippen LogP contribution in [0.1, 0.15) is 13.3 Å². The van der Waals surface area contributed by atoms with Gasteiger partial charge in [0.2, 0.25) is 0 Å². The molecule has 0 saturated heterocycles. The first-order valence-electron chi connectivity index (χ1n) is 4.06. The van der Waals surface area contributed by atoms with Crippen molar-refractivity contribution in [3.05, 3.63) is 30.3 Å². The van der Waals surface area contributed by atoms with E-state index in [1.54, 1.807) is 13.3 Å². The second kappa shape index (κ2) is 4.83. The maximum atomic E-state index is 5.42. The van der Waals surface area contributed by atoms with Gasteiger partial charge in [0.1, 0.15) is 0 Å². The van der Waals surface area contributed by atoms with Crippen molar-refractivity contribution in [2.75, 3.05) is 13.7 Å². The van der Waals surface area contributed by atoms with E-state index in [0.29, 0.717) is 12.8 Å². The van der Waals surface area contributed by atoms with Crippen LogP contribution in [0.25, 0.3) is 0 Å². The summed E-state index contributed by atoms with van der Waals surface area (Å²) in [4.78, 5) is 0. The van der Waals surface area contributed by atoms with E-state index >= 15 is 0 Å². The summed E-state index contributed by atoms with van der Waals surface area (Å²) in [5, 5.41) is 2.95. The van der Waals surface area contributed by atoms with Crippen molar-refractivity contribution in [2.45, 2.75) is 13.3 Å². The molecule has 1 aliphatic heterocycles. The van der Waals surface area contributed by atoms with Crippen LogP contribution >= 0.6 is 0 Å². The lowest BCUT2D eigenvalue weighted by Crippen LogP contribution is -2.23. The molecule has 3 heteroatoms. The second-order valence-corrected chi connectivity index (χ2v) is 2.42. The first-order chi connectivity index (χ1) is 5.88. The Morgan fingerprint density at radius 2 is 2.33 bits per heavy atom. The van der Waals surface area contributed by atoms with E-state index in [1.165, 1.54) is 0 Å². The van der Waals surface area contributed by atoms with Crippen LogP contribution in [0.5, 0.6) is 0 Å². The smallest absolute Gasteiger partial charge is 0.253 e. The van der Waals surface area contributed by atoms with Crippen LogP contribution in [-0.2, 0) is 9.47 Å². The molecular weight excluding hydrogens is 154 g/mol. The topological polar surface area (TPSA) is 30.5 Å². The van der Waals surface area contributed by atoms with Crippen LogP contribution < -0.4 is 5.32 Å². The highest BCUT2D eigenvalue weighted by Crippen LogP contribution is 2.16. The number of nitrogens with one attached hydrogen (secondary N) is 1. The quantitative estimate of drug-likeness (QED) is 0.690. The second-order valence-electron chi connectivity index (χ2n) is 2.42. The molecule has 1 rings (SSSR count). The molecule has 0 unspecified atom stereocenters. The van der Waals surface area contributed by atoms with Gasteiger partial charge in [-0.3, -0.25) is 0 Å². The number of ether oxygens (including phenoxy) is 2. The van der Waals surface area contributed by atoms with Crippen molar-refractivity contribution in [1.29, 1.82) is 0 Å². The summed E-state index contributed by atoms with van der Waals surface area (Å²) < 4.78 is 10.5. The molecule has 0 bridgehead atoms. The third-order valence-corrected chi connectivity index (χ3v) is 1.45. The minimum atomic E-state index is 0.672. The molecule has 1 radical (unpaired) electrons. The fraction of sp³-hybridized carbons (Fsp3) is 0.444. The molecular formula is C9H14NO2. The Labute approximate surface area is 73.1 Å². The summed E-state index contributed by atoms with van der Waals surface area (Å²) in [6, 6.07) is 0. The number of dihydropyridines is 1. The Bertz CT molecular complexity index is 187. The van der Waals surface area contributed by atoms with Gasteiger partial charge < -0.3 is 14.8 Å². The van der Waals surface area contributed by atoms with E-state index in [4.69, 9.17) is 9.47 Å². The predicted octanol–water partition coefficient (Wildman–Crippen LogP) is 1.55. The van der Waals surface area contributed by atoms with Crippen molar-refractivity contribution in [3.8, 4) is 0 Å². The SMILES string of the molecule is CCCOC1=CC=CN[C]1OC. The third-order valence-electron chi connectivity index (χ3n) is 1.45. The van der Waals surface area contributed by atoms with Gasteiger partial charge in [0.25, 0.3) is 6.23 Å². The highest BCUT2D eigenvalue weighted by Gasteiger charge is 2.16. The molecule has 0 aromatic carbocycles. The maximum absolute atomic E-state index is 5.42. The number of allylic oxidation sites excluding steroid dienone is 2. The summed E-state index contributed by atoms with van der Waals surface area (Å²) in [6.07, 6.45) is 7.24. The van der Waals surface area contributed by atoms with Crippen molar-refractivity contribution >= 4 is 0 Å².